The lowest BCUT2D eigenvalue weighted by Crippen LogP contribution is -1.88. The Hall–Kier alpha value is -2.34. The maximum atomic E-state index is 14.0. The molecule has 2 rings (SSSR count). The molecule has 0 saturated carbocycles. The van der Waals surface area contributed by atoms with Crippen molar-refractivity contribution in [2.45, 2.75) is 45.4 Å². The van der Waals surface area contributed by atoms with Crippen molar-refractivity contribution >= 4 is 23.1 Å². The summed E-state index contributed by atoms with van der Waals surface area (Å²) in [7, 11) is 0. The van der Waals surface area contributed by atoms with Crippen LogP contribution in [0.3, 0.4) is 0 Å². The van der Waals surface area contributed by atoms with Crippen molar-refractivity contribution in [3.05, 3.63) is 64.7 Å². The number of benzene rings is 2. The van der Waals surface area contributed by atoms with E-state index < -0.39 is 11.6 Å². The first-order valence-corrected chi connectivity index (χ1v) is 9.22. The number of hydrogen-bond acceptors (Lipinski definition) is 2. The molecule has 0 N–H and O–H groups in total. The molecular formula is C22H21F2NS. The van der Waals surface area contributed by atoms with Crippen LogP contribution in [0, 0.1) is 23.5 Å². The van der Waals surface area contributed by atoms with E-state index in [2.05, 4.69) is 36.0 Å². The van der Waals surface area contributed by atoms with Gasteiger partial charge in [-0.05, 0) is 48.8 Å². The van der Waals surface area contributed by atoms with Crippen LogP contribution in [0.1, 0.15) is 55.7 Å². The fourth-order valence-corrected chi connectivity index (χ4v) is 2.69. The van der Waals surface area contributed by atoms with Crippen molar-refractivity contribution in [2.75, 3.05) is 0 Å². The van der Waals surface area contributed by atoms with Gasteiger partial charge >= 0.3 is 0 Å². The summed E-state index contributed by atoms with van der Waals surface area (Å²) < 4.78 is 27.7. The van der Waals surface area contributed by atoms with Crippen molar-refractivity contribution in [3.8, 4) is 11.8 Å². The Kier molecular flexibility index (Phi) is 8.15. The summed E-state index contributed by atoms with van der Waals surface area (Å²) in [5.74, 6) is 4.23. The number of unbranched alkanes of at least 4 members (excludes halogenated alkanes) is 4. The highest BCUT2D eigenvalue weighted by atomic mass is 32.1. The number of isothiocyanates is 1. The van der Waals surface area contributed by atoms with Crippen LogP contribution in [-0.4, -0.2) is 5.16 Å². The number of halogens is 2. The minimum atomic E-state index is -0.675. The number of aliphatic imine (C=N–C) groups is 1. The van der Waals surface area contributed by atoms with E-state index in [1.807, 2.05) is 29.4 Å². The van der Waals surface area contributed by atoms with Crippen LogP contribution in [0.2, 0.25) is 0 Å². The summed E-state index contributed by atoms with van der Waals surface area (Å²) in [4.78, 5) is 3.48. The number of nitrogens with zero attached hydrogens (tertiary/aromatic N) is 1. The SMILES string of the molecule is CCCCCCCc1ccc(C#Cc2cc(F)c(N=C=S)cc2F)cc1. The van der Waals surface area contributed by atoms with Gasteiger partial charge in [0.25, 0.3) is 0 Å². The fraction of sp³-hybridized carbons (Fsp3) is 0.318. The standard InChI is InChI=1S/C22H21F2NS/c1-2-3-4-5-6-7-17-8-10-18(11-9-17)12-13-19-14-21(24)22(25-16-26)15-20(19)23/h8-11,14-15H,2-7H2,1H3. The van der Waals surface area contributed by atoms with E-state index in [9.17, 15) is 8.78 Å². The van der Waals surface area contributed by atoms with Gasteiger partial charge in [0.15, 0.2) is 5.82 Å². The normalized spacial score (nSPS) is 9.96. The summed E-state index contributed by atoms with van der Waals surface area (Å²) >= 11 is 4.41. The highest BCUT2D eigenvalue weighted by Gasteiger charge is 2.07. The first-order valence-electron chi connectivity index (χ1n) is 8.82. The lowest BCUT2D eigenvalue weighted by Gasteiger charge is -2.02. The van der Waals surface area contributed by atoms with Crippen molar-refractivity contribution in [1.29, 1.82) is 0 Å². The first-order chi connectivity index (χ1) is 12.6. The van der Waals surface area contributed by atoms with Crippen LogP contribution < -0.4 is 0 Å². The zero-order valence-electron chi connectivity index (χ0n) is 14.8. The van der Waals surface area contributed by atoms with Gasteiger partial charge in [0.1, 0.15) is 11.5 Å². The monoisotopic (exact) mass is 369 g/mol. The predicted molar refractivity (Wildman–Crippen MR) is 106 cm³/mol. The summed E-state index contributed by atoms with van der Waals surface area (Å²) in [6.07, 6.45) is 7.33. The Morgan fingerprint density at radius 2 is 1.65 bits per heavy atom. The van der Waals surface area contributed by atoms with E-state index in [1.165, 1.54) is 37.7 Å². The minimum absolute atomic E-state index is 0.00850. The molecule has 0 radical (unpaired) electrons. The van der Waals surface area contributed by atoms with Gasteiger partial charge < -0.3 is 0 Å². The molecule has 2 aromatic rings. The maximum Gasteiger partial charge on any atom is 0.151 e. The molecule has 0 fully saturated rings. The molecule has 0 aliphatic carbocycles. The third kappa shape index (κ3) is 6.19. The van der Waals surface area contributed by atoms with E-state index in [-0.39, 0.29) is 11.3 Å². The van der Waals surface area contributed by atoms with Crippen molar-refractivity contribution in [2.24, 2.45) is 4.99 Å². The molecule has 0 saturated heterocycles. The largest absolute Gasteiger partial charge is 0.206 e. The van der Waals surface area contributed by atoms with E-state index >= 15 is 0 Å². The zero-order chi connectivity index (χ0) is 18.8. The summed E-state index contributed by atoms with van der Waals surface area (Å²) in [5, 5.41) is 2.02. The highest BCUT2D eigenvalue weighted by molar-refractivity contribution is 7.78. The molecule has 0 amide bonds. The van der Waals surface area contributed by atoms with Gasteiger partial charge in [0.05, 0.1) is 10.7 Å². The second-order valence-electron chi connectivity index (χ2n) is 6.10. The van der Waals surface area contributed by atoms with E-state index in [4.69, 9.17) is 0 Å². The Morgan fingerprint density at radius 3 is 2.35 bits per heavy atom. The van der Waals surface area contributed by atoms with Gasteiger partial charge in [0, 0.05) is 11.6 Å². The number of rotatable bonds is 7. The van der Waals surface area contributed by atoms with Crippen molar-refractivity contribution < 1.29 is 8.78 Å². The molecular weight excluding hydrogens is 348 g/mol. The number of hydrogen-bond donors (Lipinski definition) is 0. The minimum Gasteiger partial charge on any atom is -0.206 e. The van der Waals surface area contributed by atoms with Crippen LogP contribution in [0.25, 0.3) is 0 Å². The first kappa shape index (κ1) is 20.0. The van der Waals surface area contributed by atoms with Gasteiger partial charge in [0.2, 0.25) is 0 Å². The number of thiocarbonyl (C=S) groups is 1. The molecule has 0 unspecified atom stereocenters. The predicted octanol–water partition coefficient (Wildman–Crippen LogP) is 6.61. The van der Waals surface area contributed by atoms with Crippen molar-refractivity contribution in [3.63, 3.8) is 0 Å². The lowest BCUT2D eigenvalue weighted by atomic mass is 10.0. The summed E-state index contributed by atoms with van der Waals surface area (Å²) in [6.45, 7) is 2.21. The average molecular weight is 369 g/mol. The van der Waals surface area contributed by atoms with Gasteiger partial charge in [-0.3, -0.25) is 0 Å². The second kappa shape index (κ2) is 10.6. The fourth-order valence-electron chi connectivity index (χ4n) is 2.59. The molecule has 26 heavy (non-hydrogen) atoms. The Balaban J connectivity index is 2.02. The quantitative estimate of drug-likeness (QED) is 0.231. The molecule has 0 aliphatic heterocycles. The molecule has 0 heterocycles. The van der Waals surface area contributed by atoms with Gasteiger partial charge in [-0.1, -0.05) is 56.6 Å². The maximum absolute atomic E-state index is 14.0. The molecule has 1 nitrogen and oxygen atoms in total. The second-order valence-corrected chi connectivity index (χ2v) is 6.28. The van der Waals surface area contributed by atoms with Crippen LogP contribution in [0.4, 0.5) is 14.5 Å². The van der Waals surface area contributed by atoms with Crippen LogP contribution >= 0.6 is 12.2 Å². The third-order valence-corrected chi connectivity index (χ3v) is 4.16. The molecule has 2 aromatic carbocycles. The van der Waals surface area contributed by atoms with E-state index in [0.717, 1.165) is 24.1 Å². The molecule has 0 aromatic heterocycles. The molecule has 0 spiro atoms. The molecule has 134 valence electrons. The van der Waals surface area contributed by atoms with Gasteiger partial charge in [-0.15, -0.1) is 0 Å². The topological polar surface area (TPSA) is 12.4 Å². The molecule has 4 heteroatoms. The Bertz CT molecular complexity index is 841. The zero-order valence-corrected chi connectivity index (χ0v) is 15.6. The van der Waals surface area contributed by atoms with Crippen LogP contribution in [0.5, 0.6) is 0 Å². The van der Waals surface area contributed by atoms with Gasteiger partial charge in [-0.2, -0.15) is 4.99 Å². The molecule has 0 bridgehead atoms. The summed E-state index contributed by atoms with van der Waals surface area (Å²) in [5.41, 5.74) is 1.85. The van der Waals surface area contributed by atoms with E-state index in [0.29, 0.717) is 0 Å². The molecule has 0 atom stereocenters. The Morgan fingerprint density at radius 1 is 0.923 bits per heavy atom. The van der Waals surface area contributed by atoms with E-state index in [1.54, 1.807) is 0 Å². The highest BCUT2D eigenvalue weighted by Crippen LogP contribution is 2.21. The van der Waals surface area contributed by atoms with Crippen LogP contribution in [0.15, 0.2) is 41.4 Å². The van der Waals surface area contributed by atoms with Crippen LogP contribution in [-0.2, 0) is 6.42 Å². The number of aryl methyl sites for hydroxylation is 1. The third-order valence-electron chi connectivity index (χ3n) is 4.07. The lowest BCUT2D eigenvalue weighted by molar-refractivity contribution is 0.599. The molecule has 0 aliphatic rings. The van der Waals surface area contributed by atoms with Gasteiger partial charge in [-0.25, -0.2) is 8.78 Å². The smallest absolute Gasteiger partial charge is 0.151 e. The van der Waals surface area contributed by atoms with Crippen molar-refractivity contribution in [1.82, 2.24) is 0 Å². The average Bonchev–Trinajstić information content (AvgIpc) is 2.64. The summed E-state index contributed by atoms with van der Waals surface area (Å²) in [6, 6.07) is 9.90. The Labute approximate surface area is 159 Å².